The fourth-order valence-electron chi connectivity index (χ4n) is 1.51. The maximum atomic E-state index is 11.7. The van der Waals surface area contributed by atoms with Crippen LogP contribution in [0.15, 0.2) is 24.3 Å². The Morgan fingerprint density at radius 3 is 2.40 bits per heavy atom. The number of carbonyl (C=O) groups is 1. The third kappa shape index (κ3) is 3.84. The summed E-state index contributed by atoms with van der Waals surface area (Å²) < 4.78 is 0. The number of benzene rings is 1. The Labute approximate surface area is 91.5 Å². The predicted octanol–water partition coefficient (Wildman–Crippen LogP) is 2.91. The third-order valence-corrected chi connectivity index (χ3v) is 2.52. The molecule has 15 heavy (non-hydrogen) atoms. The fourth-order valence-corrected chi connectivity index (χ4v) is 1.51. The van der Waals surface area contributed by atoms with Gasteiger partial charge >= 0.3 is 0 Å². The molecule has 0 radical (unpaired) electrons. The van der Waals surface area contributed by atoms with E-state index in [2.05, 4.69) is 6.92 Å². The van der Waals surface area contributed by atoms with E-state index >= 15 is 0 Å². The molecule has 0 fully saturated rings. The van der Waals surface area contributed by atoms with Crippen molar-refractivity contribution in [1.29, 1.82) is 0 Å². The van der Waals surface area contributed by atoms with Gasteiger partial charge in [0, 0.05) is 18.5 Å². The quantitative estimate of drug-likeness (QED) is 0.573. The van der Waals surface area contributed by atoms with E-state index in [1.54, 1.807) is 0 Å². The summed E-state index contributed by atoms with van der Waals surface area (Å²) in [5.74, 6) is 0.243. The molecule has 0 saturated heterocycles. The van der Waals surface area contributed by atoms with Crippen molar-refractivity contribution in [3.05, 3.63) is 35.4 Å². The Morgan fingerprint density at radius 1 is 1.20 bits per heavy atom. The maximum Gasteiger partial charge on any atom is 0.162 e. The van der Waals surface area contributed by atoms with Crippen LogP contribution < -0.4 is 5.73 Å². The van der Waals surface area contributed by atoms with Crippen molar-refractivity contribution in [3.63, 3.8) is 0 Å². The summed E-state index contributed by atoms with van der Waals surface area (Å²) in [5.41, 5.74) is 7.37. The Kier molecular flexibility index (Phi) is 5.05. The number of ketones is 1. The number of carbonyl (C=O) groups excluding carboxylic acids is 1. The minimum absolute atomic E-state index is 0.243. The summed E-state index contributed by atoms with van der Waals surface area (Å²) in [6, 6.07) is 7.59. The number of hydrogen-bond acceptors (Lipinski definition) is 2. The molecular formula is C13H19NO. The molecule has 0 unspecified atom stereocenters. The van der Waals surface area contributed by atoms with Crippen LogP contribution in [0.4, 0.5) is 0 Å². The molecule has 2 heteroatoms. The molecule has 0 aliphatic heterocycles. The average molecular weight is 205 g/mol. The Bertz CT molecular complexity index is 303. The van der Waals surface area contributed by atoms with Crippen LogP contribution in [0, 0.1) is 0 Å². The highest BCUT2D eigenvalue weighted by Crippen LogP contribution is 2.09. The second-order valence-electron chi connectivity index (χ2n) is 3.78. The molecule has 1 aromatic rings. The lowest BCUT2D eigenvalue weighted by Gasteiger charge is -2.01. The number of unbranched alkanes of at least 4 members (excludes halogenated alkanes) is 2. The van der Waals surface area contributed by atoms with Crippen LogP contribution in [-0.2, 0) is 6.54 Å². The molecule has 0 amide bonds. The lowest BCUT2D eigenvalue weighted by Crippen LogP contribution is -2.00. The van der Waals surface area contributed by atoms with Gasteiger partial charge in [0.05, 0.1) is 0 Å². The van der Waals surface area contributed by atoms with E-state index in [4.69, 9.17) is 5.73 Å². The topological polar surface area (TPSA) is 43.1 Å². The predicted molar refractivity (Wildman–Crippen MR) is 62.8 cm³/mol. The molecule has 2 N–H and O–H groups in total. The zero-order valence-electron chi connectivity index (χ0n) is 9.33. The molecule has 0 aliphatic rings. The molecule has 0 bridgehead atoms. The van der Waals surface area contributed by atoms with Gasteiger partial charge in [-0.15, -0.1) is 0 Å². The Morgan fingerprint density at radius 2 is 1.87 bits per heavy atom. The molecule has 0 atom stereocenters. The summed E-state index contributed by atoms with van der Waals surface area (Å²) in [6.07, 6.45) is 3.94. The van der Waals surface area contributed by atoms with Gasteiger partial charge in [0.1, 0.15) is 0 Å². The lowest BCUT2D eigenvalue weighted by molar-refractivity contribution is 0.0979. The number of nitrogens with two attached hydrogens (primary N) is 1. The zero-order valence-corrected chi connectivity index (χ0v) is 9.33. The highest BCUT2D eigenvalue weighted by atomic mass is 16.1. The van der Waals surface area contributed by atoms with Crippen LogP contribution in [0.1, 0.15) is 48.5 Å². The van der Waals surface area contributed by atoms with Gasteiger partial charge < -0.3 is 5.73 Å². The Balaban J connectivity index is 2.50. The van der Waals surface area contributed by atoms with Gasteiger partial charge in [-0.25, -0.2) is 0 Å². The van der Waals surface area contributed by atoms with Crippen LogP contribution in [0.5, 0.6) is 0 Å². The molecular weight excluding hydrogens is 186 g/mol. The zero-order chi connectivity index (χ0) is 11.1. The molecule has 0 aliphatic carbocycles. The van der Waals surface area contributed by atoms with Crippen molar-refractivity contribution in [1.82, 2.24) is 0 Å². The molecule has 0 spiro atoms. The highest BCUT2D eigenvalue weighted by Gasteiger charge is 2.04. The van der Waals surface area contributed by atoms with E-state index in [9.17, 15) is 4.79 Å². The Hall–Kier alpha value is -1.15. The van der Waals surface area contributed by atoms with Gasteiger partial charge in [0.15, 0.2) is 5.78 Å². The van der Waals surface area contributed by atoms with E-state index in [-0.39, 0.29) is 5.78 Å². The van der Waals surface area contributed by atoms with Crippen molar-refractivity contribution >= 4 is 5.78 Å². The summed E-state index contributed by atoms with van der Waals surface area (Å²) in [7, 11) is 0. The fraction of sp³-hybridized carbons (Fsp3) is 0.462. The first-order chi connectivity index (χ1) is 7.27. The van der Waals surface area contributed by atoms with E-state index in [0.717, 1.165) is 30.4 Å². The first-order valence-electron chi connectivity index (χ1n) is 5.60. The summed E-state index contributed by atoms with van der Waals surface area (Å²) in [4.78, 5) is 11.7. The minimum atomic E-state index is 0.243. The van der Waals surface area contributed by atoms with Crippen molar-refractivity contribution in [2.75, 3.05) is 0 Å². The van der Waals surface area contributed by atoms with Gasteiger partial charge in [-0.05, 0) is 12.0 Å². The van der Waals surface area contributed by atoms with Gasteiger partial charge in [-0.1, -0.05) is 44.0 Å². The van der Waals surface area contributed by atoms with E-state index in [1.165, 1.54) is 0 Å². The van der Waals surface area contributed by atoms with Gasteiger partial charge in [0.25, 0.3) is 0 Å². The van der Waals surface area contributed by atoms with Crippen molar-refractivity contribution < 1.29 is 4.79 Å². The molecule has 0 saturated carbocycles. The largest absolute Gasteiger partial charge is 0.326 e. The lowest BCUT2D eigenvalue weighted by atomic mass is 10.0. The highest BCUT2D eigenvalue weighted by molar-refractivity contribution is 5.96. The monoisotopic (exact) mass is 205 g/mol. The van der Waals surface area contributed by atoms with Gasteiger partial charge in [0.2, 0.25) is 0 Å². The van der Waals surface area contributed by atoms with E-state index in [1.807, 2.05) is 24.3 Å². The molecule has 82 valence electrons. The van der Waals surface area contributed by atoms with E-state index in [0.29, 0.717) is 13.0 Å². The smallest absolute Gasteiger partial charge is 0.162 e. The van der Waals surface area contributed by atoms with Crippen molar-refractivity contribution in [2.45, 2.75) is 39.2 Å². The van der Waals surface area contributed by atoms with Gasteiger partial charge in [-0.3, -0.25) is 4.79 Å². The molecule has 2 nitrogen and oxygen atoms in total. The second-order valence-corrected chi connectivity index (χ2v) is 3.78. The summed E-state index contributed by atoms with van der Waals surface area (Å²) in [5, 5.41) is 0. The number of Topliss-reactive ketones (excluding diaryl/α,β-unsaturated/α-hetero) is 1. The van der Waals surface area contributed by atoms with Gasteiger partial charge in [-0.2, -0.15) is 0 Å². The van der Waals surface area contributed by atoms with Crippen LogP contribution >= 0.6 is 0 Å². The van der Waals surface area contributed by atoms with Crippen LogP contribution in [-0.4, -0.2) is 5.78 Å². The average Bonchev–Trinajstić information content (AvgIpc) is 2.29. The molecule has 1 aromatic carbocycles. The van der Waals surface area contributed by atoms with Crippen LogP contribution in [0.3, 0.4) is 0 Å². The van der Waals surface area contributed by atoms with E-state index < -0.39 is 0 Å². The summed E-state index contributed by atoms with van der Waals surface area (Å²) >= 11 is 0. The standard InChI is InChI=1S/C13H19NO/c1-2-3-4-5-13(15)12-8-6-11(10-14)7-9-12/h6-9H,2-5,10,14H2,1H3. The number of rotatable bonds is 6. The molecule has 0 heterocycles. The van der Waals surface area contributed by atoms with Crippen LogP contribution in [0.25, 0.3) is 0 Å². The SMILES string of the molecule is CCCCCC(=O)c1ccc(CN)cc1. The minimum Gasteiger partial charge on any atom is -0.326 e. The summed E-state index contributed by atoms with van der Waals surface area (Å²) in [6.45, 7) is 2.67. The van der Waals surface area contributed by atoms with Crippen LogP contribution in [0.2, 0.25) is 0 Å². The maximum absolute atomic E-state index is 11.7. The second kappa shape index (κ2) is 6.36. The third-order valence-electron chi connectivity index (χ3n) is 2.52. The normalized spacial score (nSPS) is 10.3. The van der Waals surface area contributed by atoms with Crippen molar-refractivity contribution in [2.24, 2.45) is 5.73 Å². The molecule has 0 aromatic heterocycles. The first kappa shape index (κ1) is 11.9. The first-order valence-corrected chi connectivity index (χ1v) is 5.60. The van der Waals surface area contributed by atoms with Crippen molar-refractivity contribution in [3.8, 4) is 0 Å². The number of hydrogen-bond donors (Lipinski definition) is 1. The molecule has 1 rings (SSSR count).